The first-order valence-electron chi connectivity index (χ1n) is 6.08. The normalized spacial score (nSPS) is 27.6. The van der Waals surface area contributed by atoms with Crippen LogP contribution in [0.2, 0.25) is 0 Å². The van der Waals surface area contributed by atoms with Crippen LogP contribution >= 0.6 is 0 Å². The van der Waals surface area contributed by atoms with Crippen molar-refractivity contribution < 1.29 is 0 Å². The second-order valence-electron chi connectivity index (χ2n) is 4.68. The van der Waals surface area contributed by atoms with Gasteiger partial charge in [-0.1, -0.05) is 12.8 Å². The fourth-order valence-corrected chi connectivity index (χ4v) is 2.87. The van der Waals surface area contributed by atoms with E-state index in [0.717, 1.165) is 6.54 Å². The second kappa shape index (κ2) is 3.93. The van der Waals surface area contributed by atoms with Crippen LogP contribution < -0.4 is 5.32 Å². The summed E-state index contributed by atoms with van der Waals surface area (Å²) < 4.78 is 2.32. The van der Waals surface area contributed by atoms with Gasteiger partial charge in [0.05, 0.1) is 6.04 Å². The lowest BCUT2D eigenvalue weighted by molar-refractivity contribution is 0.463. The van der Waals surface area contributed by atoms with Gasteiger partial charge in [-0.3, -0.25) is 0 Å². The lowest BCUT2D eigenvalue weighted by Gasteiger charge is -2.17. The lowest BCUT2D eigenvalue weighted by atomic mass is 10.2. The minimum absolute atomic E-state index is 0.452. The molecule has 0 aromatic carbocycles. The van der Waals surface area contributed by atoms with Gasteiger partial charge in [0.25, 0.3) is 0 Å². The molecule has 15 heavy (non-hydrogen) atoms. The highest BCUT2D eigenvalue weighted by atomic mass is 15.3. The molecule has 4 heteroatoms. The molecule has 1 aliphatic heterocycles. The molecule has 1 aromatic rings. The molecule has 1 unspecified atom stereocenters. The van der Waals surface area contributed by atoms with Gasteiger partial charge < -0.3 is 9.88 Å². The van der Waals surface area contributed by atoms with E-state index >= 15 is 0 Å². The standard InChI is InChI=1S/C11H18N4/c1-2-5-9(4-1)15-8-13-14-11(15)10-6-3-7-12-10/h8-10,12H,1-7H2. The zero-order valence-electron chi connectivity index (χ0n) is 9.02. The van der Waals surface area contributed by atoms with Crippen molar-refractivity contribution in [2.24, 2.45) is 0 Å². The second-order valence-corrected chi connectivity index (χ2v) is 4.68. The van der Waals surface area contributed by atoms with E-state index < -0.39 is 0 Å². The third-order valence-corrected chi connectivity index (χ3v) is 3.69. The maximum Gasteiger partial charge on any atom is 0.150 e. The highest BCUT2D eigenvalue weighted by molar-refractivity contribution is 5.00. The van der Waals surface area contributed by atoms with Gasteiger partial charge in [-0.05, 0) is 32.2 Å². The van der Waals surface area contributed by atoms with Crippen molar-refractivity contribution >= 4 is 0 Å². The van der Waals surface area contributed by atoms with Crippen LogP contribution in [0, 0.1) is 0 Å². The third kappa shape index (κ3) is 1.67. The maximum atomic E-state index is 4.29. The van der Waals surface area contributed by atoms with E-state index in [9.17, 15) is 0 Å². The average Bonchev–Trinajstić information content (AvgIpc) is 3.01. The summed E-state index contributed by atoms with van der Waals surface area (Å²) >= 11 is 0. The third-order valence-electron chi connectivity index (χ3n) is 3.69. The number of hydrogen-bond acceptors (Lipinski definition) is 3. The summed E-state index contributed by atoms with van der Waals surface area (Å²) in [5.41, 5.74) is 0. The van der Waals surface area contributed by atoms with E-state index in [0.29, 0.717) is 12.1 Å². The number of rotatable bonds is 2. The first kappa shape index (κ1) is 9.33. The highest BCUT2D eigenvalue weighted by Crippen LogP contribution is 2.32. The Balaban J connectivity index is 1.84. The van der Waals surface area contributed by atoms with Gasteiger partial charge >= 0.3 is 0 Å². The van der Waals surface area contributed by atoms with Gasteiger partial charge in [0.2, 0.25) is 0 Å². The molecule has 82 valence electrons. The van der Waals surface area contributed by atoms with Crippen LogP contribution in [0.1, 0.15) is 56.4 Å². The van der Waals surface area contributed by atoms with Crippen molar-refractivity contribution in [1.29, 1.82) is 0 Å². The van der Waals surface area contributed by atoms with E-state index in [1.165, 1.54) is 44.3 Å². The van der Waals surface area contributed by atoms with Crippen molar-refractivity contribution in [1.82, 2.24) is 20.1 Å². The minimum atomic E-state index is 0.452. The van der Waals surface area contributed by atoms with Crippen LogP contribution in [0.25, 0.3) is 0 Å². The average molecular weight is 206 g/mol. The first-order valence-corrected chi connectivity index (χ1v) is 6.08. The SMILES string of the molecule is c1nnc(C2CCCN2)n1C1CCCC1. The molecule has 1 aliphatic carbocycles. The van der Waals surface area contributed by atoms with Crippen LogP contribution in [0.5, 0.6) is 0 Å². The van der Waals surface area contributed by atoms with Gasteiger partial charge in [0.15, 0.2) is 0 Å². The molecule has 2 heterocycles. The molecule has 1 saturated carbocycles. The Hall–Kier alpha value is -0.900. The molecule has 2 fully saturated rings. The summed E-state index contributed by atoms with van der Waals surface area (Å²) in [5.74, 6) is 1.17. The van der Waals surface area contributed by atoms with Crippen molar-refractivity contribution in [3.05, 3.63) is 12.2 Å². The highest BCUT2D eigenvalue weighted by Gasteiger charge is 2.26. The Morgan fingerprint density at radius 2 is 2.07 bits per heavy atom. The molecule has 4 nitrogen and oxygen atoms in total. The van der Waals surface area contributed by atoms with E-state index in [1.54, 1.807) is 0 Å². The molecule has 0 radical (unpaired) electrons. The number of aromatic nitrogens is 3. The van der Waals surface area contributed by atoms with Crippen molar-refractivity contribution in [3.63, 3.8) is 0 Å². The molecule has 0 bridgehead atoms. The van der Waals surface area contributed by atoms with E-state index in [-0.39, 0.29) is 0 Å². The summed E-state index contributed by atoms with van der Waals surface area (Å²) in [6.45, 7) is 1.13. The molecule has 1 atom stereocenters. The summed E-state index contributed by atoms with van der Waals surface area (Å²) in [6.07, 6.45) is 9.73. The smallest absolute Gasteiger partial charge is 0.150 e. The lowest BCUT2D eigenvalue weighted by Crippen LogP contribution is -2.19. The molecule has 0 amide bonds. The molecule has 0 spiro atoms. The predicted molar refractivity (Wildman–Crippen MR) is 57.5 cm³/mol. The molecular formula is C11H18N4. The van der Waals surface area contributed by atoms with E-state index in [1.807, 2.05) is 6.33 Å². The molecule has 1 aromatic heterocycles. The Morgan fingerprint density at radius 1 is 1.20 bits per heavy atom. The zero-order valence-corrected chi connectivity index (χ0v) is 9.02. The fraction of sp³-hybridized carbons (Fsp3) is 0.818. The van der Waals surface area contributed by atoms with Crippen molar-refractivity contribution in [3.8, 4) is 0 Å². The minimum Gasteiger partial charge on any atom is -0.313 e. The van der Waals surface area contributed by atoms with Crippen LogP contribution in [0.15, 0.2) is 6.33 Å². The largest absolute Gasteiger partial charge is 0.313 e. The first-order chi connectivity index (χ1) is 7.45. The molecule has 2 aliphatic rings. The maximum absolute atomic E-state index is 4.29. The van der Waals surface area contributed by atoms with Crippen LogP contribution in [-0.4, -0.2) is 21.3 Å². The number of nitrogens with zero attached hydrogens (tertiary/aromatic N) is 3. The Kier molecular flexibility index (Phi) is 2.44. The van der Waals surface area contributed by atoms with Crippen molar-refractivity contribution in [2.45, 2.75) is 50.6 Å². The van der Waals surface area contributed by atoms with Crippen LogP contribution in [0.3, 0.4) is 0 Å². The quantitative estimate of drug-likeness (QED) is 0.802. The van der Waals surface area contributed by atoms with E-state index in [2.05, 4.69) is 20.1 Å². The molecule has 3 rings (SSSR count). The Morgan fingerprint density at radius 3 is 2.80 bits per heavy atom. The Labute approximate surface area is 90.1 Å². The number of hydrogen-bond donors (Lipinski definition) is 1. The van der Waals surface area contributed by atoms with Gasteiger partial charge in [-0.25, -0.2) is 0 Å². The van der Waals surface area contributed by atoms with Gasteiger partial charge in [-0.2, -0.15) is 0 Å². The summed E-state index contributed by atoms with van der Waals surface area (Å²) in [4.78, 5) is 0. The zero-order chi connectivity index (χ0) is 10.1. The van der Waals surface area contributed by atoms with E-state index in [4.69, 9.17) is 0 Å². The topological polar surface area (TPSA) is 42.7 Å². The summed E-state index contributed by atoms with van der Waals surface area (Å²) in [6, 6.07) is 1.12. The van der Waals surface area contributed by atoms with Crippen LogP contribution in [0.4, 0.5) is 0 Å². The summed E-state index contributed by atoms with van der Waals surface area (Å²) in [5, 5.41) is 11.9. The fourth-order valence-electron chi connectivity index (χ4n) is 2.87. The summed E-state index contributed by atoms with van der Waals surface area (Å²) in [7, 11) is 0. The molecule has 1 N–H and O–H groups in total. The monoisotopic (exact) mass is 206 g/mol. The molecular weight excluding hydrogens is 188 g/mol. The van der Waals surface area contributed by atoms with Gasteiger partial charge in [0, 0.05) is 6.04 Å². The predicted octanol–water partition coefficient (Wildman–Crippen LogP) is 1.82. The van der Waals surface area contributed by atoms with Gasteiger partial charge in [0.1, 0.15) is 12.2 Å². The Bertz CT molecular complexity index is 291. The van der Waals surface area contributed by atoms with Crippen molar-refractivity contribution in [2.75, 3.05) is 6.54 Å². The van der Waals surface area contributed by atoms with Gasteiger partial charge in [-0.15, -0.1) is 10.2 Å². The number of nitrogens with one attached hydrogen (secondary N) is 1. The van der Waals surface area contributed by atoms with Crippen LogP contribution in [-0.2, 0) is 0 Å². The molecule has 1 saturated heterocycles.